The number of aromatic nitrogens is 4. The zero-order valence-corrected chi connectivity index (χ0v) is 12.6. The third-order valence-electron chi connectivity index (χ3n) is 4.29. The molecule has 1 aliphatic rings. The predicted octanol–water partition coefficient (Wildman–Crippen LogP) is 2.33. The van der Waals surface area contributed by atoms with Crippen LogP contribution in [0.4, 0.5) is 0 Å². The predicted molar refractivity (Wildman–Crippen MR) is 85.9 cm³/mol. The molecule has 0 aliphatic carbocycles. The van der Waals surface area contributed by atoms with Crippen LogP contribution in [0.5, 0.6) is 0 Å². The highest BCUT2D eigenvalue weighted by Gasteiger charge is 2.18. The van der Waals surface area contributed by atoms with Crippen LogP contribution >= 0.6 is 0 Å². The van der Waals surface area contributed by atoms with Gasteiger partial charge in [-0.1, -0.05) is 12.1 Å². The first-order chi connectivity index (χ1) is 10.8. The second kappa shape index (κ2) is 5.42. The zero-order valence-electron chi connectivity index (χ0n) is 12.6. The van der Waals surface area contributed by atoms with Gasteiger partial charge in [-0.15, -0.1) is 0 Å². The van der Waals surface area contributed by atoms with Gasteiger partial charge in [0.25, 0.3) is 0 Å². The van der Waals surface area contributed by atoms with E-state index in [-0.39, 0.29) is 0 Å². The molecule has 3 aromatic rings. The van der Waals surface area contributed by atoms with Crippen LogP contribution in [0.1, 0.15) is 11.3 Å². The molecule has 1 saturated heterocycles. The summed E-state index contributed by atoms with van der Waals surface area (Å²) in [4.78, 5) is 4.13. The first kappa shape index (κ1) is 13.3. The molecular formula is C17H19N5. The fourth-order valence-corrected chi connectivity index (χ4v) is 2.87. The molecule has 3 heterocycles. The van der Waals surface area contributed by atoms with Gasteiger partial charge < -0.3 is 9.88 Å². The SMILES string of the molecule is Cc1ccc(-c2cc(CC3CNC3)[nH]n2)cc1-n1ccnc1. The normalized spacial score (nSPS) is 15.0. The molecule has 0 radical (unpaired) electrons. The average Bonchev–Trinajstić information content (AvgIpc) is 3.15. The summed E-state index contributed by atoms with van der Waals surface area (Å²) >= 11 is 0. The maximum Gasteiger partial charge on any atom is 0.0991 e. The van der Waals surface area contributed by atoms with Gasteiger partial charge in [-0.25, -0.2) is 4.98 Å². The number of nitrogens with zero attached hydrogens (tertiary/aromatic N) is 3. The molecule has 2 aromatic heterocycles. The number of hydrogen-bond acceptors (Lipinski definition) is 3. The van der Waals surface area contributed by atoms with Crippen LogP contribution in [0.15, 0.2) is 43.0 Å². The molecule has 0 unspecified atom stereocenters. The van der Waals surface area contributed by atoms with Gasteiger partial charge in [0.2, 0.25) is 0 Å². The summed E-state index contributed by atoms with van der Waals surface area (Å²) in [5.41, 5.74) is 5.71. The number of H-pyrrole nitrogens is 1. The molecule has 22 heavy (non-hydrogen) atoms. The van der Waals surface area contributed by atoms with Crippen molar-refractivity contribution in [3.63, 3.8) is 0 Å². The van der Waals surface area contributed by atoms with Gasteiger partial charge in [0.15, 0.2) is 0 Å². The summed E-state index contributed by atoms with van der Waals surface area (Å²) in [6.07, 6.45) is 6.66. The second-order valence-electron chi connectivity index (χ2n) is 5.98. The Balaban J connectivity index is 1.63. The van der Waals surface area contributed by atoms with Gasteiger partial charge in [0, 0.05) is 23.7 Å². The first-order valence-corrected chi connectivity index (χ1v) is 7.64. The number of benzene rings is 1. The zero-order chi connectivity index (χ0) is 14.9. The minimum absolute atomic E-state index is 0.743. The quantitative estimate of drug-likeness (QED) is 0.776. The molecule has 0 spiro atoms. The van der Waals surface area contributed by atoms with Crippen molar-refractivity contribution < 1.29 is 0 Å². The Morgan fingerprint density at radius 1 is 1.27 bits per heavy atom. The van der Waals surface area contributed by atoms with Crippen LogP contribution < -0.4 is 5.32 Å². The number of aromatic amines is 1. The van der Waals surface area contributed by atoms with Crippen LogP contribution in [0, 0.1) is 12.8 Å². The lowest BCUT2D eigenvalue weighted by atomic mass is 9.97. The molecule has 0 saturated carbocycles. The lowest BCUT2D eigenvalue weighted by Gasteiger charge is -2.26. The summed E-state index contributed by atoms with van der Waals surface area (Å²) in [5, 5.41) is 11.0. The minimum atomic E-state index is 0.743. The molecular weight excluding hydrogens is 274 g/mol. The van der Waals surface area contributed by atoms with Crippen LogP contribution in [0.3, 0.4) is 0 Å². The van der Waals surface area contributed by atoms with E-state index < -0.39 is 0 Å². The molecule has 5 heteroatoms. The largest absolute Gasteiger partial charge is 0.316 e. The summed E-state index contributed by atoms with van der Waals surface area (Å²) < 4.78 is 2.03. The van der Waals surface area contributed by atoms with Crippen LogP contribution in [-0.2, 0) is 6.42 Å². The fourth-order valence-electron chi connectivity index (χ4n) is 2.87. The Morgan fingerprint density at radius 3 is 2.91 bits per heavy atom. The van der Waals surface area contributed by atoms with E-state index in [0.717, 1.165) is 42.4 Å². The fraction of sp³-hybridized carbons (Fsp3) is 0.294. The molecule has 0 amide bonds. The number of nitrogens with one attached hydrogen (secondary N) is 2. The Morgan fingerprint density at radius 2 is 2.18 bits per heavy atom. The van der Waals surface area contributed by atoms with Crippen LogP contribution in [0.25, 0.3) is 16.9 Å². The summed E-state index contributed by atoms with van der Waals surface area (Å²) in [6.45, 7) is 4.34. The van der Waals surface area contributed by atoms with Crippen molar-refractivity contribution in [1.82, 2.24) is 25.1 Å². The van der Waals surface area contributed by atoms with E-state index in [0.29, 0.717) is 0 Å². The summed E-state index contributed by atoms with van der Waals surface area (Å²) in [6, 6.07) is 8.60. The van der Waals surface area contributed by atoms with E-state index in [4.69, 9.17) is 0 Å². The molecule has 5 nitrogen and oxygen atoms in total. The molecule has 2 N–H and O–H groups in total. The third-order valence-corrected chi connectivity index (χ3v) is 4.29. The molecule has 4 rings (SSSR count). The highest BCUT2D eigenvalue weighted by atomic mass is 15.1. The standard InChI is InChI=1S/C17H19N5/c1-12-2-3-14(7-17(12)22-5-4-18-11-22)16-8-15(20-21-16)6-13-9-19-10-13/h2-5,7-8,11,13,19H,6,9-10H2,1H3,(H,20,21). The van der Waals surface area contributed by atoms with Gasteiger partial charge >= 0.3 is 0 Å². The Bertz CT molecular complexity index is 768. The van der Waals surface area contributed by atoms with Crippen molar-refractivity contribution in [2.24, 2.45) is 5.92 Å². The van der Waals surface area contributed by atoms with Crippen LogP contribution in [-0.4, -0.2) is 32.8 Å². The van der Waals surface area contributed by atoms with E-state index in [1.54, 1.807) is 6.20 Å². The summed E-state index contributed by atoms with van der Waals surface area (Å²) in [7, 11) is 0. The van der Waals surface area contributed by atoms with Crippen LogP contribution in [0.2, 0.25) is 0 Å². The number of imidazole rings is 1. The number of hydrogen-bond donors (Lipinski definition) is 2. The van der Waals surface area contributed by atoms with Gasteiger partial charge in [0.1, 0.15) is 0 Å². The van der Waals surface area contributed by atoms with Crippen molar-refractivity contribution in [3.05, 3.63) is 54.2 Å². The third kappa shape index (κ3) is 2.44. The molecule has 0 atom stereocenters. The maximum absolute atomic E-state index is 4.48. The molecule has 1 aromatic carbocycles. The molecule has 112 valence electrons. The topological polar surface area (TPSA) is 58.5 Å². The van der Waals surface area contributed by atoms with E-state index >= 15 is 0 Å². The Kier molecular flexibility index (Phi) is 3.27. The Labute approximate surface area is 129 Å². The lowest BCUT2D eigenvalue weighted by molar-refractivity contribution is 0.344. The van der Waals surface area contributed by atoms with Gasteiger partial charge in [-0.2, -0.15) is 5.10 Å². The lowest BCUT2D eigenvalue weighted by Crippen LogP contribution is -2.43. The van der Waals surface area contributed by atoms with Crippen molar-refractivity contribution in [3.8, 4) is 16.9 Å². The maximum atomic E-state index is 4.48. The summed E-state index contributed by atoms with van der Waals surface area (Å²) in [5.74, 6) is 0.743. The average molecular weight is 293 g/mol. The molecule has 1 fully saturated rings. The van der Waals surface area contributed by atoms with Crippen molar-refractivity contribution in [2.75, 3.05) is 13.1 Å². The Hall–Kier alpha value is -2.40. The van der Waals surface area contributed by atoms with Crippen molar-refractivity contribution in [2.45, 2.75) is 13.3 Å². The van der Waals surface area contributed by atoms with Crippen molar-refractivity contribution >= 4 is 0 Å². The smallest absolute Gasteiger partial charge is 0.0991 e. The second-order valence-corrected chi connectivity index (χ2v) is 5.98. The van der Waals surface area contributed by atoms with Gasteiger partial charge in [-0.3, -0.25) is 5.10 Å². The monoisotopic (exact) mass is 293 g/mol. The molecule has 0 bridgehead atoms. The molecule has 1 aliphatic heterocycles. The number of aryl methyl sites for hydroxylation is 1. The minimum Gasteiger partial charge on any atom is -0.316 e. The van der Waals surface area contributed by atoms with Gasteiger partial charge in [0.05, 0.1) is 17.7 Å². The van der Waals surface area contributed by atoms with E-state index in [9.17, 15) is 0 Å². The highest BCUT2D eigenvalue weighted by molar-refractivity contribution is 5.64. The van der Waals surface area contributed by atoms with Gasteiger partial charge in [-0.05, 0) is 50.0 Å². The van der Waals surface area contributed by atoms with E-state index in [1.807, 2.05) is 17.1 Å². The first-order valence-electron chi connectivity index (χ1n) is 7.64. The highest BCUT2D eigenvalue weighted by Crippen LogP contribution is 2.24. The van der Waals surface area contributed by atoms with E-state index in [1.165, 1.54) is 11.3 Å². The number of rotatable bonds is 4. The van der Waals surface area contributed by atoms with Crippen molar-refractivity contribution in [1.29, 1.82) is 0 Å². The van der Waals surface area contributed by atoms with E-state index in [2.05, 4.69) is 51.7 Å².